The van der Waals surface area contributed by atoms with Crippen LogP contribution in [0, 0.1) is 11.8 Å². The van der Waals surface area contributed by atoms with Crippen LogP contribution in [0.1, 0.15) is 61.3 Å². The van der Waals surface area contributed by atoms with E-state index in [1.54, 1.807) is 38.1 Å². The number of nitrogens with one attached hydrogen (secondary N) is 3. The van der Waals surface area contributed by atoms with E-state index in [1.165, 1.54) is 43.0 Å². The highest BCUT2D eigenvalue weighted by Gasteiger charge is 2.46. The maximum Gasteiger partial charge on any atom is 0.452 e. The van der Waals surface area contributed by atoms with Crippen molar-refractivity contribution in [3.63, 3.8) is 0 Å². The molecule has 0 radical (unpaired) electrons. The number of benzene rings is 2. The number of hydrogen-bond acceptors (Lipinski definition) is 5. The molecule has 232 valence electrons. The van der Waals surface area contributed by atoms with E-state index in [0.717, 1.165) is 0 Å². The summed E-state index contributed by atoms with van der Waals surface area (Å²) in [6.45, 7) is 6.33. The Kier molecular flexibility index (Phi) is 11.0. The number of Topliss-reactive ketones (excluding diaryl/α,β-unsaturated/α-hetero) is 1. The molecule has 13 heteroatoms. The van der Waals surface area contributed by atoms with Gasteiger partial charge in [0.25, 0.3) is 17.6 Å². The van der Waals surface area contributed by atoms with Crippen LogP contribution in [0.4, 0.5) is 18.9 Å². The molecule has 3 atom stereocenters. The number of anilines is 1. The molecule has 1 heterocycles. The van der Waals surface area contributed by atoms with E-state index < -0.39 is 65.5 Å². The van der Waals surface area contributed by atoms with E-state index in [0.29, 0.717) is 17.1 Å². The van der Waals surface area contributed by atoms with Gasteiger partial charge in [0.15, 0.2) is 0 Å². The molecule has 0 saturated carbocycles. The van der Waals surface area contributed by atoms with Gasteiger partial charge in [0.2, 0.25) is 11.8 Å². The number of halogens is 4. The van der Waals surface area contributed by atoms with E-state index >= 15 is 0 Å². The lowest BCUT2D eigenvalue weighted by Crippen LogP contribution is -2.58. The van der Waals surface area contributed by atoms with Crippen molar-refractivity contribution in [3.05, 3.63) is 64.7 Å². The molecule has 4 amide bonds. The molecule has 3 N–H and O–H groups in total. The molecule has 43 heavy (non-hydrogen) atoms. The third-order valence-corrected chi connectivity index (χ3v) is 7.35. The summed E-state index contributed by atoms with van der Waals surface area (Å²) in [5.74, 6) is -5.71. The van der Waals surface area contributed by atoms with Crippen LogP contribution < -0.4 is 16.0 Å². The minimum atomic E-state index is -5.13. The molecule has 9 nitrogen and oxygen atoms in total. The SMILES string of the molecule is CC(C)C(NC(=O)[C@@H]1CCCN1C(=O)[C@@H](NC(=O)c1ccc(C(=O)Nc2ccc(Cl)cc2)cc1)C(C)C)C(=O)C(F)(F)F. The highest BCUT2D eigenvalue weighted by molar-refractivity contribution is 6.30. The van der Waals surface area contributed by atoms with Gasteiger partial charge in [-0.15, -0.1) is 0 Å². The average molecular weight is 623 g/mol. The average Bonchev–Trinajstić information content (AvgIpc) is 3.44. The summed E-state index contributed by atoms with van der Waals surface area (Å²) in [4.78, 5) is 65.3. The smallest absolute Gasteiger partial charge is 0.344 e. The molecule has 1 aliphatic heterocycles. The number of carbonyl (C=O) groups is 5. The third-order valence-electron chi connectivity index (χ3n) is 7.10. The van der Waals surface area contributed by atoms with Crippen molar-refractivity contribution in [3.8, 4) is 0 Å². The molecule has 3 rings (SSSR count). The summed E-state index contributed by atoms with van der Waals surface area (Å²) in [5, 5.41) is 8.11. The van der Waals surface area contributed by atoms with Crippen molar-refractivity contribution in [1.82, 2.24) is 15.5 Å². The number of likely N-dealkylation sites (tertiary alicyclic amines) is 1. The van der Waals surface area contributed by atoms with Gasteiger partial charge < -0.3 is 20.9 Å². The zero-order valence-corrected chi connectivity index (χ0v) is 24.9. The number of amides is 4. The molecule has 1 aliphatic rings. The van der Waals surface area contributed by atoms with E-state index in [2.05, 4.69) is 16.0 Å². The van der Waals surface area contributed by atoms with Gasteiger partial charge in [0.05, 0.1) is 6.04 Å². The van der Waals surface area contributed by atoms with Crippen LogP contribution in [0.3, 0.4) is 0 Å². The van der Waals surface area contributed by atoms with Crippen LogP contribution in [-0.4, -0.2) is 65.2 Å². The Balaban J connectivity index is 1.68. The van der Waals surface area contributed by atoms with Gasteiger partial charge >= 0.3 is 6.18 Å². The summed E-state index contributed by atoms with van der Waals surface area (Å²) in [7, 11) is 0. The normalized spacial score (nSPS) is 16.5. The highest BCUT2D eigenvalue weighted by Crippen LogP contribution is 2.24. The maximum absolute atomic E-state index is 13.5. The van der Waals surface area contributed by atoms with Crippen LogP contribution >= 0.6 is 11.6 Å². The second-order valence-corrected chi connectivity index (χ2v) is 11.5. The number of carbonyl (C=O) groups excluding carboxylic acids is 5. The van der Waals surface area contributed by atoms with Gasteiger partial charge in [-0.3, -0.25) is 24.0 Å². The van der Waals surface area contributed by atoms with Crippen LogP contribution in [0.2, 0.25) is 5.02 Å². The van der Waals surface area contributed by atoms with E-state index in [1.807, 2.05) is 0 Å². The molecular weight excluding hydrogens is 589 g/mol. The largest absolute Gasteiger partial charge is 0.452 e. The fourth-order valence-corrected chi connectivity index (χ4v) is 4.82. The lowest BCUT2D eigenvalue weighted by Gasteiger charge is -2.32. The Morgan fingerprint density at radius 1 is 0.814 bits per heavy atom. The van der Waals surface area contributed by atoms with E-state index in [4.69, 9.17) is 11.6 Å². The summed E-state index contributed by atoms with van der Waals surface area (Å²) in [6.07, 6.45) is -4.51. The zero-order chi connectivity index (χ0) is 32.1. The molecule has 0 spiro atoms. The minimum Gasteiger partial charge on any atom is -0.344 e. The van der Waals surface area contributed by atoms with Crippen molar-refractivity contribution in [1.29, 1.82) is 0 Å². The molecule has 0 aromatic heterocycles. The van der Waals surface area contributed by atoms with Crippen molar-refractivity contribution >= 4 is 46.7 Å². The topological polar surface area (TPSA) is 125 Å². The van der Waals surface area contributed by atoms with Gasteiger partial charge in [-0.2, -0.15) is 13.2 Å². The van der Waals surface area contributed by atoms with E-state index in [-0.39, 0.29) is 24.1 Å². The second-order valence-electron chi connectivity index (χ2n) is 11.0. The second kappa shape index (κ2) is 14.0. The standard InChI is InChI=1S/C30H34ClF3N4O5/c1-16(2)23(25(39)30(32,33)34)36-28(42)22-6-5-15-38(22)29(43)24(17(3)4)37-27(41)19-9-7-18(8-10-19)26(40)35-21-13-11-20(31)12-14-21/h7-14,16-17,22-24H,5-6,15H2,1-4H3,(H,35,40)(H,36,42)(H,37,41)/t22-,23?,24-/m0/s1. The predicted octanol–water partition coefficient (Wildman–Crippen LogP) is 4.61. The maximum atomic E-state index is 13.5. The Labute approximate surface area is 252 Å². The first kappa shape index (κ1) is 33.6. The van der Waals surface area contributed by atoms with Crippen LogP contribution in [0.15, 0.2) is 48.5 Å². The van der Waals surface area contributed by atoms with Crippen molar-refractivity contribution in [2.24, 2.45) is 11.8 Å². The predicted molar refractivity (Wildman–Crippen MR) is 155 cm³/mol. The fourth-order valence-electron chi connectivity index (χ4n) is 4.69. The van der Waals surface area contributed by atoms with Gasteiger partial charge in [0.1, 0.15) is 12.1 Å². The molecule has 2 aromatic rings. The first-order valence-electron chi connectivity index (χ1n) is 13.8. The number of rotatable bonds is 10. The lowest BCUT2D eigenvalue weighted by atomic mass is 9.98. The Hall–Kier alpha value is -3.93. The number of ketones is 1. The molecule has 0 aliphatic carbocycles. The third kappa shape index (κ3) is 8.56. The van der Waals surface area contributed by atoms with Crippen LogP contribution in [-0.2, 0) is 14.4 Å². The zero-order valence-electron chi connectivity index (χ0n) is 24.1. The molecule has 2 aromatic carbocycles. The molecule has 1 saturated heterocycles. The fraction of sp³-hybridized carbons (Fsp3) is 0.433. The Morgan fingerprint density at radius 2 is 1.35 bits per heavy atom. The summed E-state index contributed by atoms with van der Waals surface area (Å²) < 4.78 is 39.2. The quantitative estimate of drug-likeness (QED) is 0.357. The van der Waals surface area contributed by atoms with Crippen molar-refractivity contribution < 1.29 is 37.1 Å². The van der Waals surface area contributed by atoms with E-state index in [9.17, 15) is 37.1 Å². The molecule has 1 unspecified atom stereocenters. The molecule has 0 bridgehead atoms. The first-order chi connectivity index (χ1) is 20.1. The van der Waals surface area contributed by atoms with Crippen LogP contribution in [0.5, 0.6) is 0 Å². The number of hydrogen-bond donors (Lipinski definition) is 3. The van der Waals surface area contributed by atoms with Gasteiger partial charge in [-0.05, 0) is 73.2 Å². The minimum absolute atomic E-state index is 0.160. The Bertz CT molecular complexity index is 1350. The van der Waals surface area contributed by atoms with Crippen LogP contribution in [0.25, 0.3) is 0 Å². The molecular formula is C30H34ClF3N4O5. The van der Waals surface area contributed by atoms with Crippen molar-refractivity contribution in [2.75, 3.05) is 11.9 Å². The van der Waals surface area contributed by atoms with Gasteiger partial charge in [-0.1, -0.05) is 39.3 Å². The van der Waals surface area contributed by atoms with Crippen molar-refractivity contribution in [2.45, 2.75) is 64.8 Å². The molecule has 1 fully saturated rings. The van der Waals surface area contributed by atoms with Gasteiger partial charge in [-0.25, -0.2) is 0 Å². The summed E-state index contributed by atoms with van der Waals surface area (Å²) >= 11 is 5.86. The summed E-state index contributed by atoms with van der Waals surface area (Å²) in [5.41, 5.74) is 1.01. The Morgan fingerprint density at radius 3 is 1.86 bits per heavy atom. The monoisotopic (exact) mass is 622 g/mol. The lowest BCUT2D eigenvalue weighted by molar-refractivity contribution is -0.175. The first-order valence-corrected chi connectivity index (χ1v) is 14.2. The number of alkyl halides is 3. The van der Waals surface area contributed by atoms with Gasteiger partial charge in [0, 0.05) is 28.4 Å². The summed E-state index contributed by atoms with van der Waals surface area (Å²) in [6, 6.07) is 8.40. The highest BCUT2D eigenvalue weighted by atomic mass is 35.5. The number of nitrogens with zero attached hydrogens (tertiary/aromatic N) is 1.